The number of ether oxygens (including phenoxy) is 4. The van der Waals surface area contributed by atoms with Gasteiger partial charge in [0.1, 0.15) is 52.0 Å². The topological polar surface area (TPSA) is 118 Å². The molecule has 3 aromatic carbocycles. The Morgan fingerprint density at radius 1 is 0.962 bits per heavy atom. The van der Waals surface area contributed by atoms with Crippen LogP contribution in [0.3, 0.4) is 0 Å². The highest BCUT2D eigenvalue weighted by Crippen LogP contribution is 2.44. The highest BCUT2D eigenvalue weighted by atomic mass is 32.2. The predicted octanol–water partition coefficient (Wildman–Crippen LogP) is 6.94. The van der Waals surface area contributed by atoms with Gasteiger partial charge in [-0.15, -0.1) is 0 Å². The lowest BCUT2D eigenvalue weighted by Crippen LogP contribution is -2.38. The van der Waals surface area contributed by atoms with Crippen molar-refractivity contribution in [3.8, 4) is 23.0 Å². The number of methoxy groups -OCH3 is 3. The first kappa shape index (κ1) is 36.5. The molecule has 1 fully saturated rings. The molecule has 0 radical (unpaired) electrons. The van der Waals surface area contributed by atoms with Gasteiger partial charge in [0, 0.05) is 54.9 Å². The number of halogens is 3. The lowest BCUT2D eigenvalue weighted by molar-refractivity contribution is -0.0774. The average Bonchev–Trinajstić information content (AvgIpc) is 3.60. The summed E-state index contributed by atoms with van der Waals surface area (Å²) in [4.78, 5) is 7.36. The molecule has 0 saturated heterocycles. The molecule has 5 aromatic rings. The quantitative estimate of drug-likeness (QED) is 0.127. The minimum atomic E-state index is -4.61. The monoisotopic (exact) mass is 737 g/mol. The number of sulfonamides is 1. The zero-order valence-electron chi connectivity index (χ0n) is 29.0. The van der Waals surface area contributed by atoms with Gasteiger partial charge < -0.3 is 18.9 Å². The third-order valence-electron chi connectivity index (χ3n) is 9.06. The van der Waals surface area contributed by atoms with Crippen LogP contribution in [0.15, 0.2) is 90.5 Å². The molecule has 0 aliphatic heterocycles. The summed E-state index contributed by atoms with van der Waals surface area (Å²) >= 11 is 0. The molecular weight excluding hydrogens is 699 g/mol. The zero-order valence-corrected chi connectivity index (χ0v) is 29.8. The van der Waals surface area contributed by atoms with Crippen molar-refractivity contribution in [1.82, 2.24) is 19.7 Å². The minimum Gasteiger partial charge on any atom is -0.497 e. The first-order valence-corrected chi connectivity index (χ1v) is 17.8. The van der Waals surface area contributed by atoms with Crippen molar-refractivity contribution in [3.05, 3.63) is 114 Å². The van der Waals surface area contributed by atoms with Crippen LogP contribution in [0, 0.1) is 12.7 Å². The number of benzene rings is 3. The van der Waals surface area contributed by atoms with E-state index in [4.69, 9.17) is 18.9 Å². The first-order valence-electron chi connectivity index (χ1n) is 16.4. The van der Waals surface area contributed by atoms with E-state index in [9.17, 15) is 17.2 Å². The highest BCUT2D eigenvalue weighted by Gasteiger charge is 2.44. The van der Waals surface area contributed by atoms with Crippen molar-refractivity contribution in [2.75, 3.05) is 25.6 Å². The van der Waals surface area contributed by atoms with Gasteiger partial charge in [0.2, 0.25) is 0 Å². The maximum absolute atomic E-state index is 16.0. The number of anilines is 1. The average molecular weight is 738 g/mol. The number of rotatable bonds is 13. The van der Waals surface area contributed by atoms with Crippen LogP contribution in [-0.2, 0) is 23.1 Å². The van der Waals surface area contributed by atoms with Gasteiger partial charge >= 0.3 is 0 Å². The Morgan fingerprint density at radius 3 is 2.40 bits per heavy atom. The molecule has 11 nitrogen and oxygen atoms in total. The Kier molecular flexibility index (Phi) is 10.6. The van der Waals surface area contributed by atoms with Gasteiger partial charge in [-0.25, -0.2) is 35.9 Å². The Labute approximate surface area is 300 Å². The standard InChI is InChI=1S/C37H38F3N5O6S/c1-24-15-35(52(46,47)45(36-12-14-41-23-42-36)22-26-7-10-29(49-3)16-33(26)50-4)31(38)17-32(24)51-34-18-37(39,40)13-11-30(34)27-19-43-44(21-27)20-25-5-8-28(48-2)9-6-25/h5-10,12,14-17,19,21,23,30,34H,11,13,18,20,22H2,1-4H3/t30-,34+/m0/s1. The fourth-order valence-corrected chi connectivity index (χ4v) is 7.80. The van der Waals surface area contributed by atoms with Gasteiger partial charge in [0.15, 0.2) is 0 Å². The molecule has 1 aliphatic carbocycles. The molecule has 15 heteroatoms. The molecule has 52 heavy (non-hydrogen) atoms. The van der Waals surface area contributed by atoms with Gasteiger partial charge in [-0.1, -0.05) is 12.1 Å². The van der Waals surface area contributed by atoms with E-state index in [0.717, 1.165) is 27.8 Å². The molecule has 0 N–H and O–H groups in total. The fraction of sp³-hybridized carbons (Fsp3) is 0.324. The van der Waals surface area contributed by atoms with Crippen LogP contribution >= 0.6 is 0 Å². The Balaban J connectivity index is 1.28. The summed E-state index contributed by atoms with van der Waals surface area (Å²) in [5.41, 5.74) is 2.38. The summed E-state index contributed by atoms with van der Waals surface area (Å²) in [6, 6.07) is 15.9. The summed E-state index contributed by atoms with van der Waals surface area (Å²) in [6.45, 7) is 1.72. The fourth-order valence-electron chi connectivity index (χ4n) is 6.27. The molecule has 2 aromatic heterocycles. The molecular formula is C37H38F3N5O6S. The second-order valence-corrected chi connectivity index (χ2v) is 14.3. The van der Waals surface area contributed by atoms with Crippen LogP contribution < -0.4 is 23.3 Å². The number of aromatic nitrogens is 4. The molecule has 0 spiro atoms. The van der Waals surface area contributed by atoms with Crippen LogP contribution in [0.2, 0.25) is 0 Å². The van der Waals surface area contributed by atoms with Crippen molar-refractivity contribution in [2.24, 2.45) is 0 Å². The molecule has 0 bridgehead atoms. The minimum absolute atomic E-state index is 0.00920. The SMILES string of the molecule is COc1ccc(Cn2cc([C@@H]3CCC(F)(F)C[C@H]3Oc3cc(F)c(S(=O)(=O)N(Cc4ccc(OC)cc4OC)c4ccncn4)cc3C)cn2)cc1. The van der Waals surface area contributed by atoms with Gasteiger partial charge in [-0.3, -0.25) is 4.68 Å². The molecule has 274 valence electrons. The predicted molar refractivity (Wildman–Crippen MR) is 186 cm³/mol. The summed E-state index contributed by atoms with van der Waals surface area (Å²) in [5, 5.41) is 4.46. The van der Waals surface area contributed by atoms with E-state index in [1.165, 1.54) is 39.7 Å². The lowest BCUT2D eigenvalue weighted by Gasteiger charge is -2.36. The Hall–Kier alpha value is -5.31. The molecule has 1 saturated carbocycles. The van der Waals surface area contributed by atoms with Crippen molar-refractivity contribution >= 4 is 15.8 Å². The lowest BCUT2D eigenvalue weighted by atomic mass is 9.81. The van der Waals surface area contributed by atoms with Crippen molar-refractivity contribution in [2.45, 2.75) is 62.1 Å². The third-order valence-corrected chi connectivity index (χ3v) is 10.8. The maximum Gasteiger partial charge on any atom is 0.268 e. The summed E-state index contributed by atoms with van der Waals surface area (Å²) in [7, 11) is -0.0938. The summed E-state index contributed by atoms with van der Waals surface area (Å²) in [6.07, 6.45) is 4.12. The van der Waals surface area contributed by atoms with Gasteiger partial charge in [-0.05, 0) is 60.4 Å². The summed E-state index contributed by atoms with van der Waals surface area (Å²) < 4.78 is 98.9. The van der Waals surface area contributed by atoms with E-state index in [0.29, 0.717) is 29.2 Å². The van der Waals surface area contributed by atoms with Crippen LogP contribution in [0.4, 0.5) is 19.0 Å². The van der Waals surface area contributed by atoms with Crippen LogP contribution in [0.1, 0.15) is 47.4 Å². The zero-order chi connectivity index (χ0) is 37.0. The largest absolute Gasteiger partial charge is 0.497 e. The highest BCUT2D eigenvalue weighted by molar-refractivity contribution is 7.92. The van der Waals surface area contributed by atoms with E-state index in [-0.39, 0.29) is 36.5 Å². The number of nitrogens with zero attached hydrogens (tertiary/aromatic N) is 5. The van der Waals surface area contributed by atoms with Crippen molar-refractivity contribution in [1.29, 1.82) is 0 Å². The van der Waals surface area contributed by atoms with Gasteiger partial charge in [0.25, 0.3) is 15.9 Å². The molecule has 1 aliphatic rings. The molecule has 0 amide bonds. The second kappa shape index (κ2) is 15.1. The maximum atomic E-state index is 16.0. The number of alkyl halides is 2. The summed E-state index contributed by atoms with van der Waals surface area (Å²) in [5.74, 6) is -3.08. The Morgan fingerprint density at radius 2 is 1.71 bits per heavy atom. The molecule has 2 heterocycles. The van der Waals surface area contributed by atoms with Gasteiger partial charge in [0.05, 0.1) is 40.6 Å². The van der Waals surface area contributed by atoms with Crippen molar-refractivity contribution in [3.63, 3.8) is 0 Å². The number of hydrogen-bond acceptors (Lipinski definition) is 9. The number of aryl methyl sites for hydroxylation is 1. The first-order chi connectivity index (χ1) is 24.9. The second-order valence-electron chi connectivity index (χ2n) is 12.5. The molecule has 0 unspecified atom stereocenters. The van der Waals surface area contributed by atoms with E-state index in [2.05, 4.69) is 15.1 Å². The van der Waals surface area contributed by atoms with E-state index in [1.54, 1.807) is 42.4 Å². The smallest absolute Gasteiger partial charge is 0.268 e. The van der Waals surface area contributed by atoms with Crippen LogP contribution in [0.25, 0.3) is 0 Å². The normalized spacial score (nSPS) is 17.0. The molecule has 2 atom stereocenters. The van der Waals surface area contributed by atoms with Gasteiger partial charge in [-0.2, -0.15) is 5.10 Å². The van der Waals surface area contributed by atoms with Crippen molar-refractivity contribution < 1.29 is 40.5 Å². The van der Waals surface area contributed by atoms with E-state index >= 15 is 4.39 Å². The van der Waals surface area contributed by atoms with Crippen LogP contribution in [-0.4, -0.2) is 61.5 Å². The Bertz CT molecular complexity index is 2120. The van der Waals surface area contributed by atoms with E-state index in [1.807, 2.05) is 24.3 Å². The number of hydrogen-bond donors (Lipinski definition) is 0. The third kappa shape index (κ3) is 7.93. The van der Waals surface area contributed by atoms with Crippen LogP contribution in [0.5, 0.6) is 23.0 Å². The molecule has 6 rings (SSSR count). The van der Waals surface area contributed by atoms with E-state index < -0.39 is 45.1 Å².